The molecule has 96 valence electrons. The molecule has 0 aliphatic rings. The first-order valence-corrected chi connectivity index (χ1v) is 6.40. The zero-order valence-electron chi connectivity index (χ0n) is 11.0. The highest BCUT2D eigenvalue weighted by Gasteiger charge is 2.13. The Morgan fingerprint density at radius 3 is 2.94 bits per heavy atom. The second kappa shape index (κ2) is 5.78. The first-order chi connectivity index (χ1) is 8.70. The molecule has 0 amide bonds. The van der Waals surface area contributed by atoms with Crippen LogP contribution >= 0.6 is 0 Å². The van der Waals surface area contributed by atoms with Gasteiger partial charge in [-0.2, -0.15) is 0 Å². The summed E-state index contributed by atoms with van der Waals surface area (Å²) in [6, 6.07) is 8.40. The molecule has 0 saturated carbocycles. The van der Waals surface area contributed by atoms with E-state index in [4.69, 9.17) is 5.73 Å². The van der Waals surface area contributed by atoms with Crippen LogP contribution in [-0.4, -0.2) is 15.0 Å². The monoisotopic (exact) mass is 244 g/mol. The van der Waals surface area contributed by atoms with E-state index >= 15 is 0 Å². The van der Waals surface area contributed by atoms with Gasteiger partial charge in [0.2, 0.25) is 0 Å². The average Bonchev–Trinajstić information content (AvgIpc) is 2.78. The Kier molecular flexibility index (Phi) is 4.10. The number of nitrogens with two attached hydrogens (primary N) is 1. The van der Waals surface area contributed by atoms with E-state index in [0.717, 1.165) is 25.1 Å². The fourth-order valence-corrected chi connectivity index (χ4v) is 2.14. The maximum absolute atomic E-state index is 6.25. The van der Waals surface area contributed by atoms with Gasteiger partial charge in [-0.15, -0.1) is 5.10 Å². The first kappa shape index (κ1) is 12.8. The number of hydrogen-bond acceptors (Lipinski definition) is 3. The maximum Gasteiger partial charge on any atom is 0.0757 e. The van der Waals surface area contributed by atoms with Crippen molar-refractivity contribution in [2.45, 2.75) is 39.3 Å². The number of nitrogens with zero attached hydrogens (tertiary/aromatic N) is 3. The number of aryl methyl sites for hydroxylation is 2. The van der Waals surface area contributed by atoms with Crippen molar-refractivity contribution in [2.24, 2.45) is 5.73 Å². The molecule has 2 N–H and O–H groups in total. The summed E-state index contributed by atoms with van der Waals surface area (Å²) in [5, 5.41) is 8.03. The van der Waals surface area contributed by atoms with Crippen LogP contribution in [0.5, 0.6) is 0 Å². The smallest absolute Gasteiger partial charge is 0.0757 e. The van der Waals surface area contributed by atoms with Gasteiger partial charge in [-0.25, -0.2) is 4.68 Å². The molecular weight excluding hydrogens is 224 g/mol. The number of rotatable bonds is 5. The topological polar surface area (TPSA) is 56.7 Å². The number of hydrogen-bond donors (Lipinski definition) is 1. The van der Waals surface area contributed by atoms with E-state index in [-0.39, 0.29) is 6.04 Å². The van der Waals surface area contributed by atoms with Crippen LogP contribution in [0.25, 0.3) is 0 Å². The highest BCUT2D eigenvalue weighted by atomic mass is 15.4. The van der Waals surface area contributed by atoms with Crippen LogP contribution in [0.15, 0.2) is 30.5 Å². The van der Waals surface area contributed by atoms with Crippen molar-refractivity contribution in [3.8, 4) is 0 Å². The third-order valence-electron chi connectivity index (χ3n) is 3.00. The first-order valence-electron chi connectivity index (χ1n) is 6.40. The van der Waals surface area contributed by atoms with Crippen LogP contribution in [0.2, 0.25) is 0 Å². The molecule has 0 bridgehead atoms. The molecule has 18 heavy (non-hydrogen) atoms. The van der Waals surface area contributed by atoms with Crippen molar-refractivity contribution >= 4 is 0 Å². The van der Waals surface area contributed by atoms with E-state index in [1.165, 1.54) is 11.1 Å². The van der Waals surface area contributed by atoms with Crippen molar-refractivity contribution in [1.29, 1.82) is 0 Å². The molecular formula is C14H20N4. The average molecular weight is 244 g/mol. The van der Waals surface area contributed by atoms with Crippen molar-refractivity contribution in [3.05, 3.63) is 47.3 Å². The third-order valence-corrected chi connectivity index (χ3v) is 3.00. The van der Waals surface area contributed by atoms with Gasteiger partial charge in [-0.1, -0.05) is 42.0 Å². The Morgan fingerprint density at radius 1 is 1.39 bits per heavy atom. The van der Waals surface area contributed by atoms with Crippen LogP contribution < -0.4 is 5.73 Å². The van der Waals surface area contributed by atoms with Crippen LogP contribution in [-0.2, 0) is 13.0 Å². The van der Waals surface area contributed by atoms with Crippen molar-refractivity contribution in [2.75, 3.05) is 0 Å². The molecule has 2 aromatic rings. The summed E-state index contributed by atoms with van der Waals surface area (Å²) >= 11 is 0. The second-order valence-corrected chi connectivity index (χ2v) is 4.68. The van der Waals surface area contributed by atoms with Crippen LogP contribution in [0.3, 0.4) is 0 Å². The minimum atomic E-state index is -0.0478. The molecule has 4 nitrogen and oxygen atoms in total. The fourth-order valence-electron chi connectivity index (χ4n) is 2.14. The predicted octanol–water partition coefficient (Wildman–Crippen LogP) is 2.24. The molecule has 2 rings (SSSR count). The molecule has 0 aliphatic heterocycles. The molecule has 4 heteroatoms. The Bertz CT molecular complexity index is 504. The Labute approximate surface area is 108 Å². The number of aromatic nitrogens is 3. The van der Waals surface area contributed by atoms with E-state index in [9.17, 15) is 0 Å². The summed E-state index contributed by atoms with van der Waals surface area (Å²) in [6.45, 7) is 5.09. The molecule has 0 saturated heterocycles. The van der Waals surface area contributed by atoms with Crippen molar-refractivity contribution in [1.82, 2.24) is 15.0 Å². The van der Waals surface area contributed by atoms with E-state index in [1.807, 2.05) is 4.68 Å². The van der Waals surface area contributed by atoms with Gasteiger partial charge in [0.05, 0.1) is 17.9 Å². The quantitative estimate of drug-likeness (QED) is 0.877. The van der Waals surface area contributed by atoms with E-state index < -0.39 is 0 Å². The van der Waals surface area contributed by atoms with E-state index in [0.29, 0.717) is 0 Å². The molecule has 1 unspecified atom stereocenters. The largest absolute Gasteiger partial charge is 0.322 e. The van der Waals surface area contributed by atoms with Gasteiger partial charge < -0.3 is 5.73 Å². The van der Waals surface area contributed by atoms with Crippen LogP contribution in [0.4, 0.5) is 0 Å². The fraction of sp³-hybridized carbons (Fsp3) is 0.429. The molecule has 1 atom stereocenters. The molecule has 0 fully saturated rings. The summed E-state index contributed by atoms with van der Waals surface area (Å²) in [5.41, 5.74) is 9.78. The van der Waals surface area contributed by atoms with E-state index in [2.05, 4.69) is 48.4 Å². The van der Waals surface area contributed by atoms with Gasteiger partial charge in [0.15, 0.2) is 0 Å². The minimum Gasteiger partial charge on any atom is -0.322 e. The lowest BCUT2D eigenvalue weighted by Gasteiger charge is -2.13. The molecule has 1 heterocycles. The van der Waals surface area contributed by atoms with E-state index in [1.54, 1.807) is 6.20 Å². The maximum atomic E-state index is 6.25. The number of benzene rings is 1. The molecule has 1 aromatic heterocycles. The lowest BCUT2D eigenvalue weighted by atomic mass is 10.0. The van der Waals surface area contributed by atoms with Gasteiger partial charge in [-0.05, 0) is 25.3 Å². The SMILES string of the molecule is CCCn1nncc1C(N)Cc1cccc(C)c1. The zero-order chi connectivity index (χ0) is 13.0. The highest BCUT2D eigenvalue weighted by molar-refractivity contribution is 5.24. The Hall–Kier alpha value is -1.68. The van der Waals surface area contributed by atoms with Gasteiger partial charge >= 0.3 is 0 Å². The summed E-state index contributed by atoms with van der Waals surface area (Å²) in [6.07, 6.45) is 3.63. The molecule has 0 spiro atoms. The second-order valence-electron chi connectivity index (χ2n) is 4.68. The Balaban J connectivity index is 2.11. The van der Waals surface area contributed by atoms with Crippen molar-refractivity contribution in [3.63, 3.8) is 0 Å². The summed E-state index contributed by atoms with van der Waals surface area (Å²) in [4.78, 5) is 0. The van der Waals surface area contributed by atoms with Crippen molar-refractivity contribution < 1.29 is 0 Å². The lowest BCUT2D eigenvalue weighted by molar-refractivity contribution is 0.525. The molecule has 0 aliphatic carbocycles. The normalized spacial score (nSPS) is 12.6. The zero-order valence-corrected chi connectivity index (χ0v) is 11.0. The standard InChI is InChI=1S/C14H20N4/c1-3-7-18-14(10-16-17-18)13(15)9-12-6-4-5-11(2)8-12/h4-6,8,10,13H,3,7,9,15H2,1-2H3. The van der Waals surface area contributed by atoms with Gasteiger partial charge in [0.1, 0.15) is 0 Å². The van der Waals surface area contributed by atoms with Gasteiger partial charge in [-0.3, -0.25) is 0 Å². The third kappa shape index (κ3) is 2.96. The lowest BCUT2D eigenvalue weighted by Crippen LogP contribution is -2.18. The Morgan fingerprint density at radius 2 is 2.22 bits per heavy atom. The highest BCUT2D eigenvalue weighted by Crippen LogP contribution is 2.16. The minimum absolute atomic E-state index is 0.0478. The van der Waals surface area contributed by atoms with Crippen LogP contribution in [0.1, 0.15) is 36.2 Å². The molecule has 1 aromatic carbocycles. The van der Waals surface area contributed by atoms with Gasteiger partial charge in [0.25, 0.3) is 0 Å². The summed E-state index contributed by atoms with van der Waals surface area (Å²) in [7, 11) is 0. The molecule has 0 radical (unpaired) electrons. The summed E-state index contributed by atoms with van der Waals surface area (Å²) in [5.74, 6) is 0. The summed E-state index contributed by atoms with van der Waals surface area (Å²) < 4.78 is 1.90. The predicted molar refractivity (Wildman–Crippen MR) is 72.1 cm³/mol. The van der Waals surface area contributed by atoms with Gasteiger partial charge in [0, 0.05) is 6.54 Å². The van der Waals surface area contributed by atoms with Crippen LogP contribution in [0, 0.1) is 6.92 Å².